The number of nitro groups is 1. The molecule has 0 spiro atoms. The number of rotatable bonds is 3. The smallest absolute Gasteiger partial charge is 0.326 e. The molecule has 1 atom stereocenters. The first-order valence-corrected chi connectivity index (χ1v) is 7.32. The number of nitrogens with one attached hydrogen (secondary N) is 1. The first-order chi connectivity index (χ1) is 9.69. The number of nitrogens with zero attached hydrogens (tertiary/aromatic N) is 4. The van der Waals surface area contributed by atoms with Crippen molar-refractivity contribution in [3.8, 4) is 0 Å². The molecule has 0 saturated carbocycles. The number of hydrogen-bond donors (Lipinski definition) is 1. The van der Waals surface area contributed by atoms with E-state index in [-0.39, 0.29) is 9.92 Å². The van der Waals surface area contributed by atoms with Crippen LogP contribution in [0.2, 0.25) is 0 Å². The number of hydrogen-bond acceptors (Lipinski definition) is 7. The largest absolute Gasteiger partial charge is 0.354 e. The van der Waals surface area contributed by atoms with Gasteiger partial charge in [-0.1, -0.05) is 0 Å². The van der Waals surface area contributed by atoms with E-state index in [1.807, 2.05) is 7.05 Å². The summed E-state index contributed by atoms with van der Waals surface area (Å²) in [5.41, 5.74) is 0. The van der Waals surface area contributed by atoms with Crippen molar-refractivity contribution in [1.82, 2.24) is 15.3 Å². The Morgan fingerprint density at radius 3 is 3.15 bits per heavy atom. The van der Waals surface area contributed by atoms with E-state index in [4.69, 9.17) is 0 Å². The molecular weight excluding hydrogens is 278 g/mol. The molecule has 1 aliphatic heterocycles. The fourth-order valence-electron chi connectivity index (χ4n) is 2.58. The minimum Gasteiger partial charge on any atom is -0.354 e. The van der Waals surface area contributed by atoms with Gasteiger partial charge in [0.15, 0.2) is 0 Å². The van der Waals surface area contributed by atoms with Crippen LogP contribution in [0.25, 0.3) is 10.2 Å². The maximum absolute atomic E-state index is 10.9. The second-order valence-corrected chi connectivity index (χ2v) is 5.84. The molecule has 1 fully saturated rings. The van der Waals surface area contributed by atoms with Gasteiger partial charge in [0, 0.05) is 25.2 Å². The molecule has 3 rings (SSSR count). The minimum absolute atomic E-state index is 0.115. The summed E-state index contributed by atoms with van der Waals surface area (Å²) >= 11 is 1.10. The van der Waals surface area contributed by atoms with Crippen molar-refractivity contribution >= 4 is 32.4 Å². The lowest BCUT2D eigenvalue weighted by Crippen LogP contribution is -2.44. The zero-order valence-electron chi connectivity index (χ0n) is 11.1. The molecule has 0 amide bonds. The highest BCUT2D eigenvalue weighted by Crippen LogP contribution is 2.35. The first kappa shape index (κ1) is 13.2. The molecule has 1 saturated heterocycles. The lowest BCUT2D eigenvalue weighted by atomic mass is 10.1. The quantitative estimate of drug-likeness (QED) is 0.686. The van der Waals surface area contributed by atoms with Crippen LogP contribution >= 0.6 is 11.3 Å². The zero-order chi connectivity index (χ0) is 14.1. The topological polar surface area (TPSA) is 84.2 Å². The van der Waals surface area contributed by atoms with Gasteiger partial charge in [-0.25, -0.2) is 9.97 Å². The standard InChI is InChI=1S/C12H15N5O2S/c1-13-8-3-2-4-16(6-8)11-9-5-10(17(18)19)20-12(9)15-7-14-11/h5,7-8,13H,2-4,6H2,1H3. The summed E-state index contributed by atoms with van der Waals surface area (Å²) in [5.74, 6) is 0.805. The van der Waals surface area contributed by atoms with E-state index in [1.165, 1.54) is 6.33 Å². The van der Waals surface area contributed by atoms with E-state index in [2.05, 4.69) is 20.2 Å². The molecule has 0 radical (unpaired) electrons. The average molecular weight is 293 g/mol. The molecule has 0 aliphatic carbocycles. The van der Waals surface area contributed by atoms with Gasteiger partial charge in [-0.15, -0.1) is 0 Å². The molecular formula is C12H15N5O2S. The highest BCUT2D eigenvalue weighted by molar-refractivity contribution is 7.21. The second-order valence-electron chi connectivity index (χ2n) is 4.83. The third-order valence-electron chi connectivity index (χ3n) is 3.60. The van der Waals surface area contributed by atoms with E-state index in [1.54, 1.807) is 6.07 Å². The fraction of sp³-hybridized carbons (Fsp3) is 0.500. The summed E-state index contributed by atoms with van der Waals surface area (Å²) in [6.07, 6.45) is 3.72. The van der Waals surface area contributed by atoms with Crippen molar-refractivity contribution in [3.05, 3.63) is 22.5 Å². The van der Waals surface area contributed by atoms with Crippen molar-refractivity contribution in [2.75, 3.05) is 25.0 Å². The average Bonchev–Trinajstić information content (AvgIpc) is 2.91. The molecule has 20 heavy (non-hydrogen) atoms. The molecule has 0 aromatic carbocycles. The van der Waals surface area contributed by atoms with Crippen molar-refractivity contribution in [1.29, 1.82) is 0 Å². The predicted octanol–water partition coefficient (Wildman–Crippen LogP) is 1.79. The van der Waals surface area contributed by atoms with Gasteiger partial charge in [-0.05, 0) is 31.2 Å². The van der Waals surface area contributed by atoms with Crippen LogP contribution in [0.15, 0.2) is 12.4 Å². The van der Waals surface area contributed by atoms with E-state index in [9.17, 15) is 10.1 Å². The van der Waals surface area contributed by atoms with Gasteiger partial charge in [0.05, 0.1) is 10.3 Å². The lowest BCUT2D eigenvalue weighted by molar-refractivity contribution is -0.380. The minimum atomic E-state index is -0.372. The fourth-order valence-corrected chi connectivity index (χ4v) is 3.39. The number of aromatic nitrogens is 2. The van der Waals surface area contributed by atoms with Gasteiger partial charge in [-0.2, -0.15) is 0 Å². The Hall–Kier alpha value is -1.80. The molecule has 1 aliphatic rings. The number of likely N-dealkylation sites (N-methyl/N-ethyl adjacent to an activating group) is 1. The van der Waals surface area contributed by atoms with Gasteiger partial charge in [0.2, 0.25) is 0 Å². The van der Waals surface area contributed by atoms with Crippen LogP contribution in [0.4, 0.5) is 10.8 Å². The van der Waals surface area contributed by atoms with Crippen LogP contribution < -0.4 is 10.2 Å². The summed E-state index contributed by atoms with van der Waals surface area (Å²) < 4.78 is 0. The molecule has 0 bridgehead atoms. The Kier molecular flexibility index (Phi) is 3.49. The Morgan fingerprint density at radius 2 is 2.40 bits per heavy atom. The number of piperidine rings is 1. The van der Waals surface area contributed by atoms with Crippen LogP contribution in [-0.4, -0.2) is 41.1 Å². The normalized spacial score (nSPS) is 19.4. The zero-order valence-corrected chi connectivity index (χ0v) is 11.9. The van der Waals surface area contributed by atoms with Gasteiger partial charge in [-0.3, -0.25) is 10.1 Å². The summed E-state index contributed by atoms with van der Waals surface area (Å²) in [4.78, 5) is 21.9. The van der Waals surface area contributed by atoms with Gasteiger partial charge < -0.3 is 10.2 Å². The summed E-state index contributed by atoms with van der Waals surface area (Å²) in [6.45, 7) is 1.79. The molecule has 2 aromatic rings. The number of fused-ring (bicyclic) bond motifs is 1. The van der Waals surface area contributed by atoms with E-state index < -0.39 is 0 Å². The summed E-state index contributed by atoms with van der Waals surface area (Å²) in [7, 11) is 1.96. The Balaban J connectivity index is 2.00. The third kappa shape index (κ3) is 2.32. The number of anilines is 1. The van der Waals surface area contributed by atoms with Gasteiger partial charge in [0.25, 0.3) is 0 Å². The molecule has 106 valence electrons. The van der Waals surface area contributed by atoms with Crippen molar-refractivity contribution in [2.24, 2.45) is 0 Å². The highest BCUT2D eigenvalue weighted by atomic mass is 32.1. The Bertz CT molecular complexity index is 644. The van der Waals surface area contributed by atoms with Crippen molar-refractivity contribution in [2.45, 2.75) is 18.9 Å². The Morgan fingerprint density at radius 1 is 1.55 bits per heavy atom. The van der Waals surface area contributed by atoms with Gasteiger partial charge in [0.1, 0.15) is 17.0 Å². The molecule has 1 unspecified atom stereocenters. The van der Waals surface area contributed by atoms with Crippen LogP contribution in [0.5, 0.6) is 0 Å². The predicted molar refractivity (Wildman–Crippen MR) is 78.4 cm³/mol. The van der Waals surface area contributed by atoms with Crippen molar-refractivity contribution in [3.63, 3.8) is 0 Å². The first-order valence-electron chi connectivity index (χ1n) is 6.50. The Labute approximate surface area is 119 Å². The molecule has 1 N–H and O–H groups in total. The second kappa shape index (κ2) is 5.29. The van der Waals surface area contributed by atoms with Crippen LogP contribution in [0.1, 0.15) is 12.8 Å². The third-order valence-corrected chi connectivity index (χ3v) is 4.60. The maximum Gasteiger partial charge on any atom is 0.326 e. The molecule has 2 aromatic heterocycles. The maximum atomic E-state index is 10.9. The SMILES string of the molecule is CNC1CCCN(c2ncnc3sc([N+](=O)[O-])cc23)C1. The van der Waals surface area contributed by atoms with Crippen molar-refractivity contribution < 1.29 is 4.92 Å². The van der Waals surface area contributed by atoms with E-state index in [0.717, 1.165) is 48.5 Å². The number of thiophene rings is 1. The monoisotopic (exact) mass is 293 g/mol. The van der Waals surface area contributed by atoms with Gasteiger partial charge >= 0.3 is 5.00 Å². The molecule has 8 heteroatoms. The highest BCUT2D eigenvalue weighted by Gasteiger charge is 2.23. The van der Waals surface area contributed by atoms with Crippen LogP contribution in [-0.2, 0) is 0 Å². The van der Waals surface area contributed by atoms with Crippen LogP contribution in [0.3, 0.4) is 0 Å². The van der Waals surface area contributed by atoms with E-state index >= 15 is 0 Å². The van der Waals surface area contributed by atoms with E-state index in [0.29, 0.717) is 10.9 Å². The lowest BCUT2D eigenvalue weighted by Gasteiger charge is -2.33. The molecule has 3 heterocycles. The molecule has 7 nitrogen and oxygen atoms in total. The van der Waals surface area contributed by atoms with Crippen LogP contribution in [0, 0.1) is 10.1 Å². The summed E-state index contributed by atoms with van der Waals surface area (Å²) in [6, 6.07) is 2.01. The summed E-state index contributed by atoms with van der Waals surface area (Å²) in [5, 5.41) is 15.1.